The highest BCUT2D eigenvalue weighted by Crippen LogP contribution is 2.68. The molecular weight excluding hydrogens is 903 g/mol. The van der Waals surface area contributed by atoms with Gasteiger partial charge < -0.3 is 10.2 Å². The van der Waals surface area contributed by atoms with Gasteiger partial charge in [-0.2, -0.15) is 24.0 Å². The molecule has 3 N–H and O–H groups in total. The van der Waals surface area contributed by atoms with Gasteiger partial charge in [-0.15, -0.1) is 0 Å². The number of rotatable bonds is 12. The minimum absolute atomic E-state index is 0.0185. The van der Waals surface area contributed by atoms with E-state index in [1.807, 2.05) is 0 Å². The molecule has 7 aromatic rings. The van der Waals surface area contributed by atoms with E-state index < -0.39 is 111 Å². The minimum Gasteiger partial charge on any atom is -0.344 e. The van der Waals surface area contributed by atoms with Crippen LogP contribution in [0.3, 0.4) is 0 Å². The van der Waals surface area contributed by atoms with Crippen LogP contribution in [-0.4, -0.2) is 59.9 Å². The van der Waals surface area contributed by atoms with Gasteiger partial charge in [0.25, 0.3) is 23.8 Å². The van der Waals surface area contributed by atoms with Crippen molar-refractivity contribution in [3.05, 3.63) is 122 Å². The molecule has 0 aliphatic heterocycles. The number of hydrogen-bond donors (Lipinski definition) is 3. The first-order valence-electron chi connectivity index (χ1n) is 18.9. The van der Waals surface area contributed by atoms with E-state index in [-0.39, 0.29) is 61.5 Å². The molecule has 24 heteroatoms. The number of alkyl halides is 4. The Morgan fingerprint density at radius 2 is 1.75 bits per heavy atom. The van der Waals surface area contributed by atoms with Crippen LogP contribution >= 0.6 is 11.6 Å². The number of pyridine rings is 1. The lowest BCUT2D eigenvalue weighted by atomic mass is 10.0. The van der Waals surface area contributed by atoms with Crippen LogP contribution in [0.2, 0.25) is 5.02 Å². The molecule has 2 aliphatic rings. The van der Waals surface area contributed by atoms with Gasteiger partial charge in [-0.1, -0.05) is 29.8 Å². The molecule has 3 atom stereocenters. The van der Waals surface area contributed by atoms with E-state index in [1.54, 1.807) is 0 Å². The summed E-state index contributed by atoms with van der Waals surface area (Å²) in [6, 6.07) is 9.58. The Hall–Kier alpha value is -6.59. The van der Waals surface area contributed by atoms with E-state index >= 15 is 18.0 Å². The number of nitrogens with zero attached hydrogens (tertiary/aromatic N) is 7. The fourth-order valence-electron chi connectivity index (χ4n) is 8.43. The number of hydrogen-bond acceptors (Lipinski definition) is 10. The average Bonchev–Trinajstić information content (AvgIpc) is 3.75. The van der Waals surface area contributed by atoms with Crippen LogP contribution in [0.4, 0.5) is 36.6 Å². The molecule has 1 amide bonds. The first-order valence-corrected chi connectivity index (χ1v) is 21.2. The summed E-state index contributed by atoms with van der Waals surface area (Å²) in [5.41, 5.74) is -4.31. The smallest absolute Gasteiger partial charge is 0.293 e. The number of sulfonamides is 1. The summed E-state index contributed by atoms with van der Waals surface area (Å²) in [4.78, 5) is 42.5. The molecule has 64 heavy (non-hydrogen) atoms. The molecule has 9 rings (SSSR count). The maximum Gasteiger partial charge on any atom is 0.293 e. The first kappa shape index (κ1) is 42.7. The second-order valence-electron chi connectivity index (χ2n) is 15.3. The molecule has 0 spiro atoms. The molecule has 0 radical (unpaired) electrons. The van der Waals surface area contributed by atoms with Crippen molar-refractivity contribution in [2.75, 3.05) is 11.0 Å². The van der Waals surface area contributed by atoms with Crippen LogP contribution in [0.15, 0.2) is 65.5 Å². The summed E-state index contributed by atoms with van der Waals surface area (Å²) in [6.45, 7) is -1.07. The lowest BCUT2D eigenvalue weighted by molar-refractivity contribution is -0.140. The highest BCUT2D eigenvalue weighted by molar-refractivity contribution is 7.92. The molecule has 4 aromatic heterocycles. The fraction of sp³-hybridized carbons (Fsp3) is 0.250. The van der Waals surface area contributed by atoms with E-state index in [9.17, 15) is 36.0 Å². The van der Waals surface area contributed by atoms with Crippen molar-refractivity contribution in [2.45, 2.75) is 43.7 Å². The van der Waals surface area contributed by atoms with Crippen molar-refractivity contribution < 1.29 is 54.1 Å². The second kappa shape index (κ2) is 15.3. The molecule has 3 aromatic carbocycles. The van der Waals surface area contributed by atoms with Gasteiger partial charge in [0.2, 0.25) is 15.9 Å². The van der Waals surface area contributed by atoms with Crippen LogP contribution in [0.25, 0.3) is 38.8 Å². The van der Waals surface area contributed by atoms with Gasteiger partial charge in [0.1, 0.15) is 41.2 Å². The third-order valence-corrected chi connectivity index (χ3v) is 11.9. The first-order chi connectivity index (χ1) is 30.2. The van der Waals surface area contributed by atoms with Gasteiger partial charge in [0.05, 0.1) is 44.9 Å². The SMILES string of the molecule is Cn1nc(NS(C)(=O)=O)c2c(Cl)ccc(-n3c([C@H](Cc4cc(F)cc(F)c4)NC(=O)Cn4nc(C(F)F)c5c4C(F)(F)[C@@H]4C[C@H]54)nc4nc(OO)c(-c5ccccc5F)cc4c3=O)c21. The molecule has 1 fully saturated rings. The van der Waals surface area contributed by atoms with Gasteiger partial charge in [-0.3, -0.25) is 28.2 Å². The van der Waals surface area contributed by atoms with Crippen LogP contribution in [0.5, 0.6) is 5.88 Å². The number of anilines is 1. The molecule has 0 unspecified atom stereocenters. The topological polar surface area (TPSA) is 188 Å². The molecule has 0 bridgehead atoms. The van der Waals surface area contributed by atoms with Gasteiger partial charge >= 0.3 is 0 Å². The third-order valence-electron chi connectivity index (χ3n) is 11.0. The molecular formula is C40H29ClF7N9O6S. The summed E-state index contributed by atoms with van der Waals surface area (Å²) in [5, 5.41) is 20.0. The Kier molecular flexibility index (Phi) is 10.2. The van der Waals surface area contributed by atoms with Crippen LogP contribution in [-0.2, 0) is 40.8 Å². The van der Waals surface area contributed by atoms with Crippen molar-refractivity contribution in [1.29, 1.82) is 0 Å². The Balaban J connectivity index is 1.29. The van der Waals surface area contributed by atoms with Gasteiger partial charge in [0, 0.05) is 36.6 Å². The number of carbonyl (C=O) groups is 1. The number of amides is 1. The highest BCUT2D eigenvalue weighted by atomic mass is 35.5. The molecule has 2 aliphatic carbocycles. The van der Waals surface area contributed by atoms with Crippen molar-refractivity contribution in [3.8, 4) is 22.7 Å². The van der Waals surface area contributed by atoms with Gasteiger partial charge in [0.15, 0.2) is 11.5 Å². The fourth-order valence-corrected chi connectivity index (χ4v) is 9.17. The monoisotopic (exact) mass is 931 g/mol. The maximum atomic E-state index is 15.5. The Morgan fingerprint density at radius 3 is 2.42 bits per heavy atom. The molecule has 332 valence electrons. The molecule has 0 saturated heterocycles. The zero-order valence-electron chi connectivity index (χ0n) is 32.8. The summed E-state index contributed by atoms with van der Waals surface area (Å²) in [5.74, 6) is -11.2. The molecule has 1 saturated carbocycles. The largest absolute Gasteiger partial charge is 0.344 e. The molecule has 15 nitrogen and oxygen atoms in total. The maximum absolute atomic E-state index is 15.5. The zero-order valence-corrected chi connectivity index (χ0v) is 34.3. The Labute approximate surface area is 360 Å². The van der Waals surface area contributed by atoms with E-state index in [4.69, 9.17) is 11.6 Å². The standard InChI is InChI=1S/C40H29ClF7N9O6S/c1-55-32-27(8-7-24(41)30(32)36(53-55)54-64(2,61)62)57-37(50-35-22(39(57)59)13-20(38(51-35)63-60)19-5-3-4-6-25(19)44)26(11-16-9-17(42)12-18(43)10-16)49-28(58)15-56-33-29(31(52-56)34(45)46)21-14-23(21)40(33,47)48/h3-10,12-13,21,23,26,34,60H,11,14-15H2,1-2H3,(H,49,58)(H,53,54)/t21-,23+,26-/m0/s1. The normalized spacial score (nSPS) is 16.9. The van der Waals surface area contributed by atoms with Crippen molar-refractivity contribution in [1.82, 2.24) is 39.4 Å². The lowest BCUT2D eigenvalue weighted by Gasteiger charge is -2.24. The molecule has 4 heterocycles. The number of aromatic nitrogens is 7. The second-order valence-corrected chi connectivity index (χ2v) is 17.5. The minimum atomic E-state index is -3.99. The van der Waals surface area contributed by atoms with Gasteiger partial charge in [-0.05, 0) is 54.3 Å². The van der Waals surface area contributed by atoms with E-state index in [0.717, 1.165) is 39.8 Å². The summed E-state index contributed by atoms with van der Waals surface area (Å²) < 4.78 is 134. The van der Waals surface area contributed by atoms with Crippen molar-refractivity contribution in [2.24, 2.45) is 13.0 Å². The van der Waals surface area contributed by atoms with E-state index in [2.05, 4.69) is 35.1 Å². The Bertz CT molecular complexity index is 3270. The predicted molar refractivity (Wildman–Crippen MR) is 214 cm³/mol. The average molecular weight is 932 g/mol. The van der Waals surface area contributed by atoms with Gasteiger partial charge in [-0.25, -0.2) is 40.6 Å². The third kappa shape index (κ3) is 7.25. The van der Waals surface area contributed by atoms with Crippen LogP contribution in [0, 0.1) is 23.4 Å². The van der Waals surface area contributed by atoms with E-state index in [1.165, 1.54) is 37.4 Å². The predicted octanol–water partition coefficient (Wildman–Crippen LogP) is 7.07. The lowest BCUT2D eigenvalue weighted by Crippen LogP contribution is -2.38. The van der Waals surface area contributed by atoms with E-state index in [0.29, 0.717) is 10.7 Å². The van der Waals surface area contributed by atoms with Crippen LogP contribution in [0.1, 0.15) is 53.1 Å². The number of carbonyl (C=O) groups excluding carboxylic acids is 1. The highest BCUT2D eigenvalue weighted by Gasteiger charge is 2.67. The van der Waals surface area contributed by atoms with Crippen LogP contribution < -0.4 is 20.5 Å². The number of halogens is 8. The number of fused-ring (bicyclic) bond motifs is 5. The zero-order chi connectivity index (χ0) is 45.7. The summed E-state index contributed by atoms with van der Waals surface area (Å²) in [6.07, 6.45) is -3.05. The number of benzene rings is 3. The van der Waals surface area contributed by atoms with Crippen molar-refractivity contribution >= 4 is 55.3 Å². The summed E-state index contributed by atoms with van der Waals surface area (Å²) in [7, 11) is -2.61. The number of aryl methyl sites for hydroxylation is 1. The summed E-state index contributed by atoms with van der Waals surface area (Å²) >= 11 is 6.60. The van der Waals surface area contributed by atoms with Crippen molar-refractivity contribution in [3.63, 3.8) is 0 Å². The quantitative estimate of drug-likeness (QED) is 0.0650. The number of nitrogens with one attached hydrogen (secondary N) is 2. The Morgan fingerprint density at radius 1 is 1.03 bits per heavy atom.